The SMILES string of the molecule is COC(=O)[C@@]12CC(=O)C/C(=C/C[C@@H](CO)C(=O)C1)C2. The first kappa shape index (κ1) is 13.9. The minimum absolute atomic E-state index is 0.0199. The highest BCUT2D eigenvalue weighted by Gasteiger charge is 2.48. The molecule has 0 aromatic heterocycles. The number of allylic oxidation sites excluding steroid dienone is 2. The quantitative estimate of drug-likeness (QED) is 0.590. The topological polar surface area (TPSA) is 80.7 Å². The zero-order chi connectivity index (χ0) is 14.0. The molecule has 0 aromatic rings. The Morgan fingerprint density at radius 1 is 1.42 bits per heavy atom. The predicted molar refractivity (Wildman–Crippen MR) is 66.2 cm³/mol. The Balaban J connectivity index is 2.41. The third-order valence-corrected chi connectivity index (χ3v) is 4.02. The van der Waals surface area contributed by atoms with Crippen molar-refractivity contribution in [3.05, 3.63) is 11.6 Å². The van der Waals surface area contributed by atoms with Crippen molar-refractivity contribution < 1.29 is 24.2 Å². The smallest absolute Gasteiger partial charge is 0.313 e. The number of aliphatic hydroxyl groups excluding tert-OH is 1. The highest BCUT2D eigenvalue weighted by atomic mass is 16.5. The van der Waals surface area contributed by atoms with E-state index in [1.807, 2.05) is 6.08 Å². The first-order chi connectivity index (χ1) is 9.00. The molecule has 2 rings (SSSR count). The minimum atomic E-state index is -1.05. The Bertz CT molecular complexity index is 451. The number of hydrogen-bond donors (Lipinski definition) is 1. The largest absolute Gasteiger partial charge is 0.469 e. The summed E-state index contributed by atoms with van der Waals surface area (Å²) in [6.45, 7) is -0.228. The normalized spacial score (nSPS) is 34.0. The Morgan fingerprint density at radius 2 is 2.16 bits per heavy atom. The van der Waals surface area contributed by atoms with E-state index in [4.69, 9.17) is 4.74 Å². The second-order valence-electron chi connectivity index (χ2n) is 5.46. The van der Waals surface area contributed by atoms with Crippen LogP contribution >= 0.6 is 0 Å². The van der Waals surface area contributed by atoms with Gasteiger partial charge in [0.05, 0.1) is 19.1 Å². The molecule has 1 fully saturated rings. The summed E-state index contributed by atoms with van der Waals surface area (Å²) in [4.78, 5) is 36.0. The average molecular weight is 266 g/mol. The summed E-state index contributed by atoms with van der Waals surface area (Å²) < 4.78 is 4.79. The lowest BCUT2D eigenvalue weighted by atomic mass is 9.66. The van der Waals surface area contributed by atoms with Crippen LogP contribution < -0.4 is 0 Å². The van der Waals surface area contributed by atoms with Gasteiger partial charge in [0.25, 0.3) is 0 Å². The second-order valence-corrected chi connectivity index (χ2v) is 5.46. The van der Waals surface area contributed by atoms with E-state index < -0.39 is 17.3 Å². The summed E-state index contributed by atoms with van der Waals surface area (Å²) in [6.07, 6.45) is 3.05. The number of hydrogen-bond acceptors (Lipinski definition) is 5. The molecule has 2 aliphatic rings. The van der Waals surface area contributed by atoms with Crippen molar-refractivity contribution in [3.63, 3.8) is 0 Å². The second kappa shape index (κ2) is 5.25. The molecule has 2 aliphatic carbocycles. The Labute approximate surface area is 111 Å². The molecule has 0 aliphatic heterocycles. The number of carbonyl (C=O) groups excluding carboxylic acids is 3. The maximum absolute atomic E-state index is 12.1. The van der Waals surface area contributed by atoms with Crippen molar-refractivity contribution in [3.8, 4) is 0 Å². The zero-order valence-electron chi connectivity index (χ0n) is 11.0. The summed E-state index contributed by atoms with van der Waals surface area (Å²) in [5, 5.41) is 9.24. The van der Waals surface area contributed by atoms with Gasteiger partial charge in [-0.2, -0.15) is 0 Å². The van der Waals surface area contributed by atoms with Crippen LogP contribution in [-0.4, -0.2) is 36.4 Å². The van der Waals surface area contributed by atoms with Crippen molar-refractivity contribution in [2.45, 2.75) is 32.1 Å². The minimum Gasteiger partial charge on any atom is -0.469 e. The van der Waals surface area contributed by atoms with Crippen LogP contribution in [0.15, 0.2) is 11.6 Å². The third-order valence-electron chi connectivity index (χ3n) is 4.02. The summed E-state index contributed by atoms with van der Waals surface area (Å²) in [7, 11) is 1.27. The molecule has 5 nitrogen and oxygen atoms in total. The standard InChI is InChI=1S/C14H18O5/c1-19-13(18)14-5-9(4-11(16)6-14)2-3-10(8-15)12(17)7-14/h2,10,15H,3-8H2,1H3/b9-2-/t10-,14-/m0/s1. The summed E-state index contributed by atoms with van der Waals surface area (Å²) in [6, 6.07) is 0. The molecule has 0 spiro atoms. The lowest BCUT2D eigenvalue weighted by molar-refractivity contribution is -0.159. The van der Waals surface area contributed by atoms with Crippen LogP contribution in [0.1, 0.15) is 32.1 Å². The fourth-order valence-electron chi connectivity index (χ4n) is 3.05. The molecule has 19 heavy (non-hydrogen) atoms. The van der Waals surface area contributed by atoms with E-state index in [9.17, 15) is 19.5 Å². The van der Waals surface area contributed by atoms with Gasteiger partial charge in [0, 0.05) is 25.2 Å². The van der Waals surface area contributed by atoms with Gasteiger partial charge < -0.3 is 9.84 Å². The van der Waals surface area contributed by atoms with Gasteiger partial charge in [0.1, 0.15) is 11.6 Å². The third kappa shape index (κ3) is 2.61. The number of ether oxygens (including phenoxy) is 1. The lowest BCUT2D eigenvalue weighted by Crippen LogP contribution is -2.42. The summed E-state index contributed by atoms with van der Waals surface area (Å²) in [5.41, 5.74) is -0.173. The van der Waals surface area contributed by atoms with E-state index in [1.165, 1.54) is 7.11 Å². The molecule has 0 heterocycles. The Morgan fingerprint density at radius 3 is 2.79 bits per heavy atom. The monoisotopic (exact) mass is 266 g/mol. The van der Waals surface area contributed by atoms with Gasteiger partial charge >= 0.3 is 5.97 Å². The molecular formula is C14H18O5. The maximum Gasteiger partial charge on any atom is 0.313 e. The Kier molecular flexibility index (Phi) is 3.85. The van der Waals surface area contributed by atoms with Gasteiger partial charge in [-0.1, -0.05) is 11.6 Å². The van der Waals surface area contributed by atoms with Gasteiger partial charge in [-0.05, 0) is 12.8 Å². The highest BCUT2D eigenvalue weighted by Crippen LogP contribution is 2.44. The first-order valence-corrected chi connectivity index (χ1v) is 6.42. The van der Waals surface area contributed by atoms with Crippen molar-refractivity contribution in [1.82, 2.24) is 0 Å². The van der Waals surface area contributed by atoms with Crippen molar-refractivity contribution in [2.24, 2.45) is 11.3 Å². The van der Waals surface area contributed by atoms with Crippen molar-refractivity contribution in [2.75, 3.05) is 13.7 Å². The summed E-state index contributed by atoms with van der Waals surface area (Å²) in [5.74, 6) is -1.18. The van der Waals surface area contributed by atoms with Crippen LogP contribution in [0.5, 0.6) is 0 Å². The van der Waals surface area contributed by atoms with Crippen LogP contribution in [0, 0.1) is 11.3 Å². The van der Waals surface area contributed by atoms with E-state index in [0.29, 0.717) is 19.3 Å². The number of fused-ring (bicyclic) bond motifs is 2. The molecule has 2 atom stereocenters. The first-order valence-electron chi connectivity index (χ1n) is 6.42. The lowest BCUT2D eigenvalue weighted by Gasteiger charge is -2.36. The Hall–Kier alpha value is -1.49. The molecule has 0 radical (unpaired) electrons. The molecule has 0 unspecified atom stereocenters. The van der Waals surface area contributed by atoms with E-state index in [1.54, 1.807) is 0 Å². The fourth-order valence-corrected chi connectivity index (χ4v) is 3.05. The molecule has 5 heteroatoms. The highest BCUT2D eigenvalue weighted by molar-refractivity contribution is 5.95. The van der Waals surface area contributed by atoms with Gasteiger partial charge in [-0.3, -0.25) is 14.4 Å². The van der Waals surface area contributed by atoms with E-state index in [2.05, 4.69) is 0 Å². The van der Waals surface area contributed by atoms with Gasteiger partial charge in [-0.15, -0.1) is 0 Å². The van der Waals surface area contributed by atoms with Crippen LogP contribution in [-0.2, 0) is 19.1 Å². The molecule has 2 bridgehead atoms. The average Bonchev–Trinajstić information content (AvgIpc) is 2.36. The van der Waals surface area contributed by atoms with E-state index in [0.717, 1.165) is 5.57 Å². The number of aliphatic hydroxyl groups is 1. The predicted octanol–water partition coefficient (Wildman–Crippen LogP) is 0.797. The van der Waals surface area contributed by atoms with Gasteiger partial charge in [-0.25, -0.2) is 0 Å². The van der Waals surface area contributed by atoms with Crippen LogP contribution in [0.25, 0.3) is 0 Å². The van der Waals surface area contributed by atoms with Crippen molar-refractivity contribution in [1.29, 1.82) is 0 Å². The molecule has 0 saturated heterocycles. The van der Waals surface area contributed by atoms with Crippen LogP contribution in [0.4, 0.5) is 0 Å². The molecule has 104 valence electrons. The number of ketones is 2. The van der Waals surface area contributed by atoms with E-state index in [-0.39, 0.29) is 31.0 Å². The number of Topliss-reactive ketones (excluding diaryl/α,β-unsaturated/α-hetero) is 2. The fraction of sp³-hybridized carbons (Fsp3) is 0.643. The number of esters is 1. The molecule has 1 N–H and O–H groups in total. The molecular weight excluding hydrogens is 248 g/mol. The van der Waals surface area contributed by atoms with E-state index >= 15 is 0 Å². The number of carbonyl (C=O) groups is 3. The number of rotatable bonds is 2. The van der Waals surface area contributed by atoms with Crippen molar-refractivity contribution >= 4 is 17.5 Å². The molecule has 0 amide bonds. The molecule has 0 aromatic carbocycles. The number of methoxy groups -OCH3 is 1. The van der Waals surface area contributed by atoms with Gasteiger partial charge in [0.15, 0.2) is 0 Å². The zero-order valence-corrected chi connectivity index (χ0v) is 11.0. The van der Waals surface area contributed by atoms with Gasteiger partial charge in [0.2, 0.25) is 0 Å². The summed E-state index contributed by atoms with van der Waals surface area (Å²) >= 11 is 0. The van der Waals surface area contributed by atoms with Crippen LogP contribution in [0.2, 0.25) is 0 Å². The molecule has 1 saturated carbocycles. The maximum atomic E-state index is 12.1. The van der Waals surface area contributed by atoms with Crippen LogP contribution in [0.3, 0.4) is 0 Å².